The van der Waals surface area contributed by atoms with Crippen molar-refractivity contribution < 1.29 is 17.9 Å². The average molecular weight is 262 g/mol. The van der Waals surface area contributed by atoms with Crippen molar-refractivity contribution in [2.24, 2.45) is 0 Å². The minimum absolute atomic E-state index is 0.0184. The first-order valence-electron chi connectivity index (χ1n) is 5.05. The fourth-order valence-corrected chi connectivity index (χ4v) is 2.74. The number of anilines is 1. The Hall–Kier alpha value is -1.18. The van der Waals surface area contributed by atoms with Crippen LogP contribution in [0.3, 0.4) is 0 Å². The van der Waals surface area contributed by atoms with Crippen LogP contribution < -0.4 is 10.5 Å². The number of halogens is 1. The molecule has 17 heavy (non-hydrogen) atoms. The van der Waals surface area contributed by atoms with Gasteiger partial charge in [0.15, 0.2) is 0 Å². The van der Waals surface area contributed by atoms with E-state index in [1.807, 2.05) is 0 Å². The van der Waals surface area contributed by atoms with Crippen molar-refractivity contribution in [3.05, 3.63) is 24.0 Å². The Bertz CT molecular complexity index is 490. The summed E-state index contributed by atoms with van der Waals surface area (Å²) in [5.74, 6) is -0.672. The molecule has 0 fully saturated rings. The Morgan fingerprint density at radius 1 is 1.53 bits per heavy atom. The molecule has 0 spiro atoms. The molecular formula is C10H15FN2O3S. The molecule has 0 radical (unpaired) electrons. The summed E-state index contributed by atoms with van der Waals surface area (Å²) in [6.45, 7) is 1.46. The van der Waals surface area contributed by atoms with Crippen molar-refractivity contribution in [1.29, 1.82) is 0 Å². The van der Waals surface area contributed by atoms with Crippen LogP contribution >= 0.6 is 0 Å². The van der Waals surface area contributed by atoms with E-state index in [2.05, 4.69) is 4.72 Å². The molecule has 0 bridgehead atoms. The van der Waals surface area contributed by atoms with Crippen LogP contribution in [0.4, 0.5) is 10.1 Å². The van der Waals surface area contributed by atoms with Gasteiger partial charge in [0.2, 0.25) is 10.0 Å². The van der Waals surface area contributed by atoms with Gasteiger partial charge in [-0.3, -0.25) is 0 Å². The summed E-state index contributed by atoms with van der Waals surface area (Å²) in [5, 5.41) is 8.68. The number of hydrogen-bond donors (Lipinski definition) is 3. The third kappa shape index (κ3) is 3.65. The maximum Gasteiger partial charge on any atom is 0.242 e. The first-order chi connectivity index (χ1) is 7.86. The lowest BCUT2D eigenvalue weighted by atomic mass is 10.3. The Morgan fingerprint density at radius 2 is 2.18 bits per heavy atom. The third-order valence-corrected chi connectivity index (χ3v) is 3.83. The van der Waals surface area contributed by atoms with Crippen LogP contribution in [-0.2, 0) is 10.0 Å². The van der Waals surface area contributed by atoms with Crippen molar-refractivity contribution >= 4 is 15.7 Å². The van der Waals surface area contributed by atoms with Crippen LogP contribution in [-0.4, -0.2) is 26.2 Å². The largest absolute Gasteiger partial charge is 0.398 e. The van der Waals surface area contributed by atoms with Crippen molar-refractivity contribution in [2.75, 3.05) is 12.3 Å². The van der Waals surface area contributed by atoms with E-state index in [1.165, 1.54) is 6.07 Å². The van der Waals surface area contributed by atoms with E-state index in [0.29, 0.717) is 0 Å². The lowest BCUT2D eigenvalue weighted by molar-refractivity contribution is 0.275. The average Bonchev–Trinajstić information content (AvgIpc) is 2.21. The predicted molar refractivity (Wildman–Crippen MR) is 62.3 cm³/mol. The standard InChI is InChI=1S/C10H15FN2O3S/c1-7(4-5-14)13-17(15,16)10-6-8(11)2-3-9(10)12/h2-3,6-7,13-14H,4-5,12H2,1H3. The van der Waals surface area contributed by atoms with E-state index >= 15 is 0 Å². The van der Waals surface area contributed by atoms with Gasteiger partial charge in [0.1, 0.15) is 10.7 Å². The van der Waals surface area contributed by atoms with Crippen LogP contribution in [0.1, 0.15) is 13.3 Å². The molecule has 1 unspecified atom stereocenters. The van der Waals surface area contributed by atoms with Gasteiger partial charge in [-0.1, -0.05) is 0 Å². The van der Waals surface area contributed by atoms with Gasteiger partial charge in [0.05, 0.1) is 5.69 Å². The third-order valence-electron chi connectivity index (χ3n) is 2.18. The van der Waals surface area contributed by atoms with Crippen LogP contribution in [0.25, 0.3) is 0 Å². The number of benzene rings is 1. The van der Waals surface area contributed by atoms with Gasteiger partial charge in [-0.05, 0) is 31.5 Å². The second kappa shape index (κ2) is 5.44. The number of rotatable bonds is 5. The first kappa shape index (κ1) is 13.9. The lowest BCUT2D eigenvalue weighted by Gasteiger charge is -2.14. The fourth-order valence-electron chi connectivity index (χ4n) is 1.32. The van der Waals surface area contributed by atoms with Crippen molar-refractivity contribution in [2.45, 2.75) is 24.3 Å². The number of aliphatic hydroxyl groups is 1. The van der Waals surface area contributed by atoms with Crippen molar-refractivity contribution in [1.82, 2.24) is 4.72 Å². The lowest BCUT2D eigenvalue weighted by Crippen LogP contribution is -2.33. The van der Waals surface area contributed by atoms with Crippen LogP contribution in [0.15, 0.2) is 23.1 Å². The summed E-state index contributed by atoms with van der Waals surface area (Å²) in [7, 11) is -3.86. The molecule has 5 nitrogen and oxygen atoms in total. The molecule has 4 N–H and O–H groups in total. The van der Waals surface area contributed by atoms with E-state index in [1.54, 1.807) is 6.92 Å². The van der Waals surface area contributed by atoms with Gasteiger partial charge < -0.3 is 10.8 Å². The zero-order valence-electron chi connectivity index (χ0n) is 9.35. The highest BCUT2D eigenvalue weighted by Gasteiger charge is 2.20. The summed E-state index contributed by atoms with van der Waals surface area (Å²) in [6, 6.07) is 2.70. The highest BCUT2D eigenvalue weighted by molar-refractivity contribution is 7.89. The van der Waals surface area contributed by atoms with E-state index in [-0.39, 0.29) is 23.6 Å². The molecule has 0 saturated heterocycles. The molecule has 7 heteroatoms. The van der Waals surface area contributed by atoms with Gasteiger partial charge in [-0.15, -0.1) is 0 Å². The van der Waals surface area contributed by atoms with Crippen LogP contribution in [0.2, 0.25) is 0 Å². The monoisotopic (exact) mass is 262 g/mol. The molecule has 0 heterocycles. The second-order valence-corrected chi connectivity index (χ2v) is 5.40. The van der Waals surface area contributed by atoms with E-state index in [4.69, 9.17) is 10.8 Å². The van der Waals surface area contributed by atoms with Gasteiger partial charge in [-0.2, -0.15) is 0 Å². The SMILES string of the molecule is CC(CCO)NS(=O)(=O)c1cc(F)ccc1N. The van der Waals surface area contributed by atoms with E-state index in [0.717, 1.165) is 12.1 Å². The normalized spacial score (nSPS) is 13.6. The molecule has 96 valence electrons. The minimum Gasteiger partial charge on any atom is -0.398 e. The Balaban J connectivity index is 3.01. The van der Waals surface area contributed by atoms with Crippen LogP contribution in [0, 0.1) is 5.82 Å². The minimum atomic E-state index is -3.86. The summed E-state index contributed by atoms with van der Waals surface area (Å²) in [4.78, 5) is -0.290. The van der Waals surface area contributed by atoms with Crippen molar-refractivity contribution in [3.8, 4) is 0 Å². The van der Waals surface area contributed by atoms with E-state index in [9.17, 15) is 12.8 Å². The Morgan fingerprint density at radius 3 is 2.76 bits per heavy atom. The molecule has 0 aliphatic carbocycles. The van der Waals surface area contributed by atoms with Crippen LogP contribution in [0.5, 0.6) is 0 Å². The molecule has 0 aliphatic rings. The van der Waals surface area contributed by atoms with Gasteiger partial charge in [0, 0.05) is 12.6 Å². The molecule has 0 amide bonds. The topological polar surface area (TPSA) is 92.4 Å². The summed E-state index contributed by atoms with van der Waals surface area (Å²) in [5.41, 5.74) is 5.47. The summed E-state index contributed by atoms with van der Waals surface area (Å²) >= 11 is 0. The highest BCUT2D eigenvalue weighted by Crippen LogP contribution is 2.19. The maximum absolute atomic E-state index is 13.0. The molecule has 1 aromatic rings. The first-order valence-corrected chi connectivity index (χ1v) is 6.53. The predicted octanol–water partition coefficient (Wildman–Crippen LogP) is 0.457. The molecular weight excluding hydrogens is 247 g/mol. The second-order valence-electron chi connectivity index (χ2n) is 3.72. The number of nitrogen functional groups attached to an aromatic ring is 1. The van der Waals surface area contributed by atoms with Gasteiger partial charge in [-0.25, -0.2) is 17.5 Å². The van der Waals surface area contributed by atoms with Gasteiger partial charge >= 0.3 is 0 Å². The molecule has 0 aromatic heterocycles. The Kier molecular flexibility index (Phi) is 4.44. The number of sulfonamides is 1. The number of aliphatic hydroxyl groups excluding tert-OH is 1. The molecule has 0 saturated carbocycles. The summed E-state index contributed by atoms with van der Waals surface area (Å²) in [6.07, 6.45) is 0.272. The molecule has 0 aliphatic heterocycles. The maximum atomic E-state index is 13.0. The fraction of sp³-hybridized carbons (Fsp3) is 0.400. The zero-order valence-corrected chi connectivity index (χ0v) is 10.2. The van der Waals surface area contributed by atoms with Gasteiger partial charge in [0.25, 0.3) is 0 Å². The smallest absolute Gasteiger partial charge is 0.242 e. The molecule has 1 atom stereocenters. The quantitative estimate of drug-likeness (QED) is 0.672. The summed E-state index contributed by atoms with van der Waals surface area (Å²) < 4.78 is 39.0. The van der Waals surface area contributed by atoms with E-state index < -0.39 is 21.9 Å². The number of nitrogens with one attached hydrogen (secondary N) is 1. The molecule has 1 rings (SSSR count). The number of hydrogen-bond acceptors (Lipinski definition) is 4. The highest BCUT2D eigenvalue weighted by atomic mass is 32.2. The molecule has 1 aromatic carbocycles. The Labute approximate surface area is 99.5 Å². The van der Waals surface area contributed by atoms with Crippen molar-refractivity contribution in [3.63, 3.8) is 0 Å². The zero-order chi connectivity index (χ0) is 13.1. The number of nitrogens with two attached hydrogens (primary N) is 1.